The summed E-state index contributed by atoms with van der Waals surface area (Å²) in [6.07, 6.45) is 7.92. The van der Waals surface area contributed by atoms with Crippen molar-refractivity contribution < 1.29 is 0 Å². The first-order valence-corrected chi connectivity index (χ1v) is 20.6. The van der Waals surface area contributed by atoms with Gasteiger partial charge in [0, 0.05) is 18.0 Å². The van der Waals surface area contributed by atoms with Gasteiger partial charge in [-0.1, -0.05) is 176 Å². The van der Waals surface area contributed by atoms with E-state index in [9.17, 15) is 5.41 Å². The topological polar surface area (TPSA) is 61.1 Å². The van der Waals surface area contributed by atoms with Crippen molar-refractivity contribution in [3.63, 3.8) is 0 Å². The number of pyridine rings is 1. The van der Waals surface area contributed by atoms with Gasteiger partial charge in [0.2, 0.25) is 0 Å². The second-order valence-corrected chi connectivity index (χ2v) is 15.4. The summed E-state index contributed by atoms with van der Waals surface area (Å²) in [5.41, 5.74) is 15.9. The second kappa shape index (κ2) is 15.2. The van der Waals surface area contributed by atoms with Gasteiger partial charge in [0.25, 0.3) is 0 Å². The molecule has 0 amide bonds. The predicted octanol–water partition coefficient (Wildman–Crippen LogP) is 14.7. The number of hydrogen-bond donors (Lipinski definition) is 2. The van der Waals surface area contributed by atoms with Crippen molar-refractivity contribution in [1.29, 1.82) is 5.41 Å². The molecule has 0 spiro atoms. The molecule has 0 radical (unpaired) electrons. The van der Waals surface area contributed by atoms with Crippen LogP contribution in [0.2, 0.25) is 0 Å². The van der Waals surface area contributed by atoms with Gasteiger partial charge in [-0.15, -0.1) is 0 Å². The molecule has 1 aliphatic rings. The van der Waals surface area contributed by atoms with Gasteiger partial charge in [0.1, 0.15) is 5.71 Å². The molecule has 0 bridgehead atoms. The van der Waals surface area contributed by atoms with E-state index in [4.69, 9.17) is 5.10 Å². The van der Waals surface area contributed by atoms with E-state index in [1.165, 1.54) is 27.5 Å². The molecule has 4 nitrogen and oxygen atoms in total. The molecule has 1 aliphatic carbocycles. The van der Waals surface area contributed by atoms with Crippen LogP contribution in [-0.4, -0.2) is 16.4 Å². The van der Waals surface area contributed by atoms with Crippen LogP contribution in [0.5, 0.6) is 0 Å². The van der Waals surface area contributed by atoms with Crippen LogP contribution < -0.4 is 5.43 Å². The van der Waals surface area contributed by atoms with E-state index in [0.29, 0.717) is 11.4 Å². The maximum absolute atomic E-state index is 9.91. The Labute approximate surface area is 354 Å². The minimum absolute atomic E-state index is 0.326. The van der Waals surface area contributed by atoms with Crippen molar-refractivity contribution in [3.8, 4) is 33.4 Å². The van der Waals surface area contributed by atoms with E-state index in [1.807, 2.05) is 30.5 Å². The van der Waals surface area contributed by atoms with Gasteiger partial charge < -0.3 is 0 Å². The van der Waals surface area contributed by atoms with Crippen molar-refractivity contribution in [2.75, 3.05) is 5.43 Å². The molecule has 4 heteroatoms. The Balaban J connectivity index is 1.17. The summed E-state index contributed by atoms with van der Waals surface area (Å²) < 4.78 is 0. The van der Waals surface area contributed by atoms with Crippen molar-refractivity contribution >= 4 is 71.3 Å². The van der Waals surface area contributed by atoms with Crippen molar-refractivity contribution in [3.05, 3.63) is 230 Å². The highest BCUT2D eigenvalue weighted by Crippen LogP contribution is 2.46. The first-order valence-electron chi connectivity index (χ1n) is 20.6. The minimum Gasteiger partial charge on any atom is -0.299 e. The van der Waals surface area contributed by atoms with Gasteiger partial charge in [0.05, 0.1) is 11.4 Å². The lowest BCUT2D eigenvalue weighted by Crippen LogP contribution is -2.19. The Morgan fingerprint density at radius 3 is 1.26 bits per heavy atom. The molecule has 0 saturated heterocycles. The molecular weight excluding hydrogens is 741 g/mol. The van der Waals surface area contributed by atoms with Crippen LogP contribution in [-0.2, 0) is 0 Å². The highest BCUT2D eigenvalue weighted by molar-refractivity contribution is 6.64. The number of fused-ring (bicyclic) bond motifs is 4. The van der Waals surface area contributed by atoms with Crippen LogP contribution in [0.3, 0.4) is 0 Å². The Morgan fingerprint density at radius 1 is 0.377 bits per heavy atom. The summed E-state index contributed by atoms with van der Waals surface area (Å²) in [5.74, 6) is 0. The largest absolute Gasteiger partial charge is 0.299 e. The smallest absolute Gasteiger partial charge is 0.116 e. The number of anilines is 1. The number of nitrogens with one attached hydrogen (secondary N) is 2. The lowest BCUT2D eigenvalue weighted by atomic mass is 9.79. The Kier molecular flexibility index (Phi) is 8.94. The normalized spacial score (nSPS) is 13.5. The number of allylic oxidation sites excluding steroid dienone is 4. The molecule has 10 aromatic rings. The summed E-state index contributed by atoms with van der Waals surface area (Å²) in [6, 6.07) is 68.2. The number of hydrazone groups is 1. The molecule has 286 valence electrons. The SMILES string of the molecule is N=C1C=C(c2c3ccccc3c(-c3ccccc3)c3ccccc23)C=C(c2c3ccccc3c(-c3ccccc3)c3ccccc23)/C1=N/Nc1ccc(-c2cccnc2)cc1. The van der Waals surface area contributed by atoms with Crippen LogP contribution in [0, 0.1) is 5.41 Å². The zero-order valence-corrected chi connectivity index (χ0v) is 33.2. The maximum Gasteiger partial charge on any atom is 0.116 e. The van der Waals surface area contributed by atoms with Crippen LogP contribution in [0.25, 0.3) is 87.6 Å². The molecular formula is C57H38N4. The fourth-order valence-electron chi connectivity index (χ4n) is 9.17. The van der Waals surface area contributed by atoms with Crippen LogP contribution in [0.4, 0.5) is 5.69 Å². The average Bonchev–Trinajstić information content (AvgIpc) is 3.33. The van der Waals surface area contributed by atoms with E-state index in [-0.39, 0.29) is 0 Å². The molecule has 61 heavy (non-hydrogen) atoms. The summed E-state index contributed by atoms with van der Waals surface area (Å²) in [4.78, 5) is 4.30. The van der Waals surface area contributed by atoms with Gasteiger partial charge in [-0.3, -0.25) is 15.8 Å². The molecule has 2 N–H and O–H groups in total. The lowest BCUT2D eigenvalue weighted by molar-refractivity contribution is 1.32. The molecule has 0 saturated carbocycles. The standard InChI is InChI=1S/C57H38N4/c58-52-35-41(55-45-23-9-7-21-43(45)53(38-16-3-1-4-17-38)44-22-8-10-24-46(44)55)34-51(57(52)61-60-42-31-29-37(30-32-42)40-20-15-33-59-36-40)56-49-27-13-11-25-47(49)54(39-18-5-2-6-19-39)48-26-12-14-28-50(48)56/h1-36,58,60H/b58-52?,61-57-. The average molecular weight is 779 g/mol. The number of hydrogen-bond acceptors (Lipinski definition) is 4. The fraction of sp³-hybridized carbons (Fsp3) is 0. The van der Waals surface area contributed by atoms with Crippen LogP contribution in [0.15, 0.2) is 224 Å². The number of nitrogens with zero attached hydrogens (tertiary/aromatic N) is 2. The van der Waals surface area contributed by atoms with E-state index in [1.54, 1.807) is 6.20 Å². The number of rotatable bonds is 7. The fourth-order valence-corrected chi connectivity index (χ4v) is 9.17. The van der Waals surface area contributed by atoms with E-state index >= 15 is 0 Å². The highest BCUT2D eigenvalue weighted by Gasteiger charge is 2.27. The monoisotopic (exact) mass is 778 g/mol. The molecule has 11 rings (SSSR count). The van der Waals surface area contributed by atoms with Crippen molar-refractivity contribution in [2.24, 2.45) is 5.10 Å². The number of aromatic nitrogens is 1. The molecule has 0 fully saturated rings. The summed E-state index contributed by atoms with van der Waals surface area (Å²) in [6.45, 7) is 0. The second-order valence-electron chi connectivity index (χ2n) is 15.4. The third kappa shape index (κ3) is 6.30. The first kappa shape index (κ1) is 35.9. The zero-order valence-electron chi connectivity index (χ0n) is 33.2. The minimum atomic E-state index is 0.326. The van der Waals surface area contributed by atoms with Gasteiger partial charge >= 0.3 is 0 Å². The summed E-state index contributed by atoms with van der Waals surface area (Å²) in [5, 5.41) is 24.1. The van der Waals surface area contributed by atoms with Crippen LogP contribution in [0.1, 0.15) is 11.1 Å². The molecule has 1 aromatic heterocycles. The Bertz CT molecular complexity index is 3310. The first-order chi connectivity index (χ1) is 30.2. The number of benzene rings is 9. The lowest BCUT2D eigenvalue weighted by Gasteiger charge is -2.24. The predicted molar refractivity (Wildman–Crippen MR) is 258 cm³/mol. The third-order valence-corrected chi connectivity index (χ3v) is 11.8. The third-order valence-electron chi connectivity index (χ3n) is 11.8. The van der Waals surface area contributed by atoms with Crippen molar-refractivity contribution in [1.82, 2.24) is 4.98 Å². The van der Waals surface area contributed by atoms with E-state index < -0.39 is 0 Å². The molecule has 1 heterocycles. The van der Waals surface area contributed by atoms with Crippen LogP contribution >= 0.6 is 0 Å². The molecule has 0 atom stereocenters. The van der Waals surface area contributed by atoms with Gasteiger partial charge in [-0.25, -0.2) is 0 Å². The molecule has 0 unspecified atom stereocenters. The maximum atomic E-state index is 9.91. The summed E-state index contributed by atoms with van der Waals surface area (Å²) >= 11 is 0. The molecule has 0 aliphatic heterocycles. The van der Waals surface area contributed by atoms with Crippen molar-refractivity contribution in [2.45, 2.75) is 0 Å². The van der Waals surface area contributed by atoms with Gasteiger partial charge in [-0.05, 0) is 124 Å². The van der Waals surface area contributed by atoms with E-state index in [0.717, 1.165) is 77.0 Å². The zero-order chi connectivity index (χ0) is 40.7. The van der Waals surface area contributed by atoms with Gasteiger partial charge in [0.15, 0.2) is 0 Å². The highest BCUT2D eigenvalue weighted by atomic mass is 15.3. The Hall–Kier alpha value is -8.21. The summed E-state index contributed by atoms with van der Waals surface area (Å²) in [7, 11) is 0. The van der Waals surface area contributed by atoms with Gasteiger partial charge in [-0.2, -0.15) is 5.10 Å². The van der Waals surface area contributed by atoms with E-state index in [2.05, 4.69) is 192 Å². The quantitative estimate of drug-likeness (QED) is 0.0961. The Morgan fingerprint density at radius 2 is 0.803 bits per heavy atom. The molecule has 9 aromatic carbocycles.